The monoisotopic (exact) mass is 426 g/mol. The van der Waals surface area contributed by atoms with Gasteiger partial charge in [-0.25, -0.2) is 9.18 Å². The number of rotatable bonds is 6. The molecule has 0 bridgehead atoms. The average Bonchev–Trinajstić information content (AvgIpc) is 2.73. The van der Waals surface area contributed by atoms with Gasteiger partial charge in [-0.05, 0) is 47.6 Å². The average molecular weight is 426 g/mol. The molecule has 1 saturated heterocycles. The Balaban J connectivity index is 1.50. The third-order valence-electron chi connectivity index (χ3n) is 4.94. The largest absolute Gasteiger partial charge is 0.491 e. The number of aryl methyl sites for hydroxylation is 2. The lowest BCUT2D eigenvalue weighted by Crippen LogP contribution is -2.38. The summed E-state index contributed by atoms with van der Waals surface area (Å²) in [6.07, 6.45) is -3.23. The number of benzene rings is 2. The van der Waals surface area contributed by atoms with Crippen molar-refractivity contribution in [3.8, 4) is 11.1 Å². The molecule has 1 aliphatic rings. The zero-order valence-electron chi connectivity index (χ0n) is 16.4. The van der Waals surface area contributed by atoms with E-state index >= 15 is 0 Å². The van der Waals surface area contributed by atoms with Gasteiger partial charge in [0.2, 0.25) is 0 Å². The van der Waals surface area contributed by atoms with Gasteiger partial charge in [0.1, 0.15) is 5.82 Å². The molecule has 0 amide bonds. The van der Waals surface area contributed by atoms with Crippen LogP contribution in [0.4, 0.5) is 17.6 Å². The highest BCUT2D eigenvalue weighted by molar-refractivity contribution is 5.75. The molecule has 0 aromatic heterocycles. The van der Waals surface area contributed by atoms with E-state index < -0.39 is 18.6 Å². The standard InChI is InChI=1S/C22H22F4O4/c1-2-14-3-6-16(7-4-14)18-10-9-17(19(23)11-18)8-5-15-12-28-21(29-13-15)30-20(27)22(24,25)26/h3-4,6-7,9-11,15,21H,2,5,8,12-13H2,1H3. The van der Waals surface area contributed by atoms with Crippen molar-refractivity contribution < 1.29 is 36.6 Å². The van der Waals surface area contributed by atoms with Gasteiger partial charge in [0.05, 0.1) is 13.2 Å². The second-order valence-corrected chi connectivity index (χ2v) is 7.12. The molecule has 0 atom stereocenters. The van der Waals surface area contributed by atoms with Gasteiger partial charge < -0.3 is 14.2 Å². The van der Waals surface area contributed by atoms with Crippen LogP contribution in [-0.2, 0) is 31.8 Å². The molecule has 0 unspecified atom stereocenters. The van der Waals surface area contributed by atoms with Gasteiger partial charge in [0, 0.05) is 5.92 Å². The Kier molecular flexibility index (Phi) is 7.10. The summed E-state index contributed by atoms with van der Waals surface area (Å²) in [7, 11) is 0. The number of halogens is 4. The van der Waals surface area contributed by atoms with Crippen LogP contribution in [0.25, 0.3) is 11.1 Å². The van der Waals surface area contributed by atoms with Crippen molar-refractivity contribution in [2.45, 2.75) is 38.8 Å². The second-order valence-electron chi connectivity index (χ2n) is 7.12. The number of alkyl halides is 3. The van der Waals surface area contributed by atoms with E-state index in [9.17, 15) is 22.4 Å². The molecule has 0 saturated carbocycles. The summed E-state index contributed by atoms with van der Waals surface area (Å²) < 4.78 is 65.2. The lowest BCUT2D eigenvalue weighted by Gasteiger charge is -2.28. The summed E-state index contributed by atoms with van der Waals surface area (Å²) in [6.45, 7) is 0.505. The van der Waals surface area contributed by atoms with Crippen LogP contribution in [0.1, 0.15) is 24.5 Å². The summed E-state index contributed by atoms with van der Waals surface area (Å²) >= 11 is 0. The van der Waals surface area contributed by atoms with Crippen LogP contribution in [0.15, 0.2) is 42.5 Å². The molecule has 4 nitrogen and oxygen atoms in total. The van der Waals surface area contributed by atoms with E-state index in [0.717, 1.165) is 17.5 Å². The molecule has 0 N–H and O–H groups in total. The Labute approximate surface area is 171 Å². The molecule has 2 aromatic carbocycles. The predicted octanol–water partition coefficient (Wildman–Crippen LogP) is 5.04. The van der Waals surface area contributed by atoms with E-state index in [4.69, 9.17) is 9.47 Å². The van der Waals surface area contributed by atoms with Gasteiger partial charge in [0.15, 0.2) is 0 Å². The van der Waals surface area contributed by atoms with E-state index in [1.165, 1.54) is 11.6 Å². The lowest BCUT2D eigenvalue weighted by molar-refractivity contribution is -0.320. The zero-order valence-corrected chi connectivity index (χ0v) is 16.4. The van der Waals surface area contributed by atoms with Crippen molar-refractivity contribution in [2.24, 2.45) is 5.92 Å². The number of carbonyl (C=O) groups is 1. The van der Waals surface area contributed by atoms with Gasteiger partial charge >= 0.3 is 18.6 Å². The quantitative estimate of drug-likeness (QED) is 0.480. The zero-order chi connectivity index (χ0) is 21.7. The Bertz CT molecular complexity index is 856. The highest BCUT2D eigenvalue weighted by Gasteiger charge is 2.43. The minimum absolute atomic E-state index is 0.0548. The number of hydrogen-bond acceptors (Lipinski definition) is 4. The first kappa shape index (κ1) is 22.2. The molecule has 1 heterocycles. The SMILES string of the molecule is CCc1ccc(-c2ccc(CCC3COC(OC(=O)C(F)(F)F)OC3)c(F)c2)cc1. The third kappa shape index (κ3) is 5.79. The van der Waals surface area contributed by atoms with Crippen molar-refractivity contribution in [3.63, 3.8) is 0 Å². The molecular weight excluding hydrogens is 404 g/mol. The summed E-state index contributed by atoms with van der Waals surface area (Å²) in [5.41, 5.74) is 3.47. The van der Waals surface area contributed by atoms with Crippen molar-refractivity contribution in [3.05, 3.63) is 59.4 Å². The highest BCUT2D eigenvalue weighted by atomic mass is 19.4. The molecule has 0 spiro atoms. The fourth-order valence-corrected chi connectivity index (χ4v) is 3.14. The topological polar surface area (TPSA) is 44.8 Å². The normalized spacial score (nSPS) is 19.5. The van der Waals surface area contributed by atoms with E-state index in [1.54, 1.807) is 6.07 Å². The van der Waals surface area contributed by atoms with Crippen LogP contribution < -0.4 is 0 Å². The van der Waals surface area contributed by atoms with Crippen molar-refractivity contribution in [2.75, 3.05) is 13.2 Å². The first-order valence-electron chi connectivity index (χ1n) is 9.65. The number of ether oxygens (including phenoxy) is 3. The van der Waals surface area contributed by atoms with E-state index in [1.807, 2.05) is 30.3 Å². The van der Waals surface area contributed by atoms with E-state index in [2.05, 4.69) is 11.7 Å². The minimum atomic E-state index is -5.11. The molecular formula is C22H22F4O4. The number of hydrogen-bond donors (Lipinski definition) is 0. The molecule has 3 rings (SSSR count). The van der Waals surface area contributed by atoms with Crippen LogP contribution >= 0.6 is 0 Å². The molecule has 2 aromatic rings. The van der Waals surface area contributed by atoms with Gasteiger partial charge in [-0.1, -0.05) is 43.3 Å². The maximum Gasteiger partial charge on any atom is 0.491 e. The fourth-order valence-electron chi connectivity index (χ4n) is 3.14. The summed E-state index contributed by atoms with van der Waals surface area (Å²) in [4.78, 5) is 10.8. The summed E-state index contributed by atoms with van der Waals surface area (Å²) in [5.74, 6) is -2.83. The van der Waals surface area contributed by atoms with Crippen molar-refractivity contribution >= 4 is 5.97 Å². The summed E-state index contributed by atoms with van der Waals surface area (Å²) in [5, 5.41) is 0. The van der Waals surface area contributed by atoms with Gasteiger partial charge in [-0.15, -0.1) is 0 Å². The maximum absolute atomic E-state index is 14.5. The van der Waals surface area contributed by atoms with Gasteiger partial charge in [-0.2, -0.15) is 13.2 Å². The minimum Gasteiger partial charge on any atom is -0.404 e. The third-order valence-corrected chi connectivity index (χ3v) is 4.94. The Morgan fingerprint density at radius 3 is 2.27 bits per heavy atom. The Morgan fingerprint density at radius 1 is 1.07 bits per heavy atom. The van der Waals surface area contributed by atoms with E-state index in [0.29, 0.717) is 18.4 Å². The summed E-state index contributed by atoms with van der Waals surface area (Å²) in [6, 6.07) is 13.1. The lowest BCUT2D eigenvalue weighted by atomic mass is 9.97. The highest BCUT2D eigenvalue weighted by Crippen LogP contribution is 2.25. The van der Waals surface area contributed by atoms with Gasteiger partial charge in [-0.3, -0.25) is 0 Å². The fraction of sp³-hybridized carbons (Fsp3) is 0.409. The smallest absolute Gasteiger partial charge is 0.404 e. The Hall–Kier alpha value is -2.45. The van der Waals surface area contributed by atoms with Crippen LogP contribution in [0.5, 0.6) is 0 Å². The molecule has 1 aliphatic heterocycles. The van der Waals surface area contributed by atoms with Crippen LogP contribution in [-0.4, -0.2) is 31.8 Å². The molecule has 0 aliphatic carbocycles. The molecule has 162 valence electrons. The first-order chi connectivity index (χ1) is 14.3. The van der Waals surface area contributed by atoms with Gasteiger partial charge in [0.25, 0.3) is 0 Å². The molecule has 30 heavy (non-hydrogen) atoms. The van der Waals surface area contributed by atoms with Crippen LogP contribution in [0.2, 0.25) is 0 Å². The second kappa shape index (κ2) is 9.57. The maximum atomic E-state index is 14.5. The van der Waals surface area contributed by atoms with Crippen LogP contribution in [0.3, 0.4) is 0 Å². The number of esters is 1. The molecule has 8 heteroatoms. The predicted molar refractivity (Wildman–Crippen MR) is 101 cm³/mol. The number of carbonyl (C=O) groups excluding carboxylic acids is 1. The molecule has 0 radical (unpaired) electrons. The van der Waals surface area contributed by atoms with Crippen molar-refractivity contribution in [1.82, 2.24) is 0 Å². The Morgan fingerprint density at radius 2 is 1.70 bits per heavy atom. The van der Waals surface area contributed by atoms with Crippen molar-refractivity contribution in [1.29, 1.82) is 0 Å². The van der Waals surface area contributed by atoms with E-state index in [-0.39, 0.29) is 24.9 Å². The molecule has 1 fully saturated rings. The first-order valence-corrected chi connectivity index (χ1v) is 9.65. The van der Waals surface area contributed by atoms with Crippen LogP contribution in [0, 0.1) is 11.7 Å².